The minimum absolute atomic E-state index is 0.121. The van der Waals surface area contributed by atoms with E-state index in [0.29, 0.717) is 18.7 Å². The topological polar surface area (TPSA) is 32.7 Å². The second kappa shape index (κ2) is 6.41. The van der Waals surface area contributed by atoms with E-state index in [4.69, 9.17) is 4.74 Å². The fourth-order valence-corrected chi connectivity index (χ4v) is 5.79. The zero-order valence-electron chi connectivity index (χ0n) is 14.9. The van der Waals surface area contributed by atoms with Gasteiger partial charge in [-0.25, -0.2) is 0 Å². The number of ether oxygens (including phenoxy) is 1. The van der Waals surface area contributed by atoms with Crippen molar-refractivity contribution < 1.29 is 9.84 Å². The van der Waals surface area contributed by atoms with E-state index in [1.54, 1.807) is 0 Å². The maximum Gasteiger partial charge on any atom is 0.0900 e. The molecule has 0 heterocycles. The van der Waals surface area contributed by atoms with Gasteiger partial charge in [-0.05, 0) is 84.0 Å². The largest absolute Gasteiger partial charge is 0.389 e. The number of hydrogen-bond donors (Lipinski definition) is 1. The van der Waals surface area contributed by atoms with Crippen LogP contribution in [0.1, 0.15) is 66.2 Å². The fraction of sp³-hybridized carbons (Fsp3) is 1.00. The summed E-state index contributed by atoms with van der Waals surface area (Å²) in [5, 5.41) is 10.5. The lowest BCUT2D eigenvalue weighted by molar-refractivity contribution is -0.176. The second-order valence-electron chi connectivity index (χ2n) is 8.95. The van der Waals surface area contributed by atoms with Gasteiger partial charge < -0.3 is 9.84 Å². The molecule has 0 aliphatic heterocycles. The highest BCUT2D eigenvalue weighted by Crippen LogP contribution is 2.57. The SMILES string of the molecule is CC(C)N(C[C@@H](O)COC12CC3CC(CC(C3)C1)C2)C(C)C. The quantitative estimate of drug-likeness (QED) is 0.782. The minimum Gasteiger partial charge on any atom is -0.389 e. The van der Waals surface area contributed by atoms with Crippen molar-refractivity contribution in [2.45, 2.75) is 90.0 Å². The molecule has 4 aliphatic carbocycles. The Balaban J connectivity index is 1.52. The van der Waals surface area contributed by atoms with Gasteiger partial charge in [0, 0.05) is 18.6 Å². The monoisotopic (exact) mass is 309 g/mol. The molecular formula is C19H35NO2. The molecule has 4 aliphatic rings. The molecular weight excluding hydrogens is 274 g/mol. The van der Waals surface area contributed by atoms with E-state index in [2.05, 4.69) is 32.6 Å². The molecule has 0 aromatic heterocycles. The van der Waals surface area contributed by atoms with E-state index in [0.717, 1.165) is 24.3 Å². The Morgan fingerprint density at radius 2 is 1.41 bits per heavy atom. The summed E-state index contributed by atoms with van der Waals surface area (Å²) in [5.74, 6) is 2.73. The molecule has 4 bridgehead atoms. The predicted molar refractivity (Wildman–Crippen MR) is 89.8 cm³/mol. The highest BCUT2D eigenvalue weighted by molar-refractivity contribution is 5.03. The first-order valence-electron chi connectivity index (χ1n) is 9.44. The number of hydrogen-bond acceptors (Lipinski definition) is 3. The molecule has 1 atom stereocenters. The van der Waals surface area contributed by atoms with Gasteiger partial charge in [0.2, 0.25) is 0 Å². The maximum absolute atomic E-state index is 10.5. The third kappa shape index (κ3) is 3.52. The van der Waals surface area contributed by atoms with Gasteiger partial charge in [-0.2, -0.15) is 0 Å². The van der Waals surface area contributed by atoms with Crippen LogP contribution in [0, 0.1) is 17.8 Å². The maximum atomic E-state index is 10.5. The van der Waals surface area contributed by atoms with Gasteiger partial charge in [-0.1, -0.05) is 0 Å². The van der Waals surface area contributed by atoms with E-state index >= 15 is 0 Å². The predicted octanol–water partition coefficient (Wildman–Crippen LogP) is 3.45. The van der Waals surface area contributed by atoms with Crippen molar-refractivity contribution in [1.82, 2.24) is 4.90 Å². The van der Waals surface area contributed by atoms with Crippen LogP contribution in [0.2, 0.25) is 0 Å². The molecule has 1 N–H and O–H groups in total. The molecule has 0 saturated heterocycles. The van der Waals surface area contributed by atoms with Gasteiger partial charge in [0.1, 0.15) is 0 Å². The first kappa shape index (κ1) is 16.7. The van der Waals surface area contributed by atoms with Gasteiger partial charge >= 0.3 is 0 Å². The highest BCUT2D eigenvalue weighted by Gasteiger charge is 2.51. The standard InChI is InChI=1S/C19H35NO2/c1-13(2)20(14(3)4)11-18(21)12-22-19-8-15-5-16(9-19)7-17(6-15)10-19/h13-18,21H,5-12H2,1-4H3/t15?,16?,17?,18-,19?/m1/s1. The van der Waals surface area contributed by atoms with Crippen molar-refractivity contribution >= 4 is 0 Å². The van der Waals surface area contributed by atoms with Crippen LogP contribution in [-0.2, 0) is 4.74 Å². The lowest BCUT2D eigenvalue weighted by atomic mass is 9.54. The van der Waals surface area contributed by atoms with E-state index < -0.39 is 0 Å². The lowest BCUT2D eigenvalue weighted by Crippen LogP contribution is -2.53. The molecule has 4 fully saturated rings. The third-order valence-corrected chi connectivity index (χ3v) is 6.31. The Hall–Kier alpha value is -0.120. The zero-order valence-corrected chi connectivity index (χ0v) is 14.9. The van der Waals surface area contributed by atoms with Gasteiger partial charge in [0.05, 0.1) is 18.3 Å². The Morgan fingerprint density at radius 1 is 0.955 bits per heavy atom. The van der Waals surface area contributed by atoms with Crippen LogP contribution < -0.4 is 0 Å². The average Bonchev–Trinajstić information content (AvgIpc) is 2.40. The summed E-state index contributed by atoms with van der Waals surface area (Å²) in [5.41, 5.74) is 0.121. The van der Waals surface area contributed by atoms with E-state index in [-0.39, 0.29) is 11.7 Å². The molecule has 0 aromatic carbocycles. The van der Waals surface area contributed by atoms with Crippen LogP contribution >= 0.6 is 0 Å². The number of aliphatic hydroxyl groups excluding tert-OH is 1. The van der Waals surface area contributed by atoms with E-state index in [1.165, 1.54) is 38.5 Å². The zero-order chi connectivity index (χ0) is 15.9. The van der Waals surface area contributed by atoms with E-state index in [1.807, 2.05) is 0 Å². The third-order valence-electron chi connectivity index (χ3n) is 6.31. The van der Waals surface area contributed by atoms with Crippen LogP contribution in [0.4, 0.5) is 0 Å². The fourth-order valence-electron chi connectivity index (χ4n) is 5.79. The molecule has 3 heteroatoms. The Labute approximate surface area is 136 Å². The van der Waals surface area contributed by atoms with Crippen LogP contribution in [0.3, 0.4) is 0 Å². The van der Waals surface area contributed by atoms with Crippen LogP contribution in [0.25, 0.3) is 0 Å². The second-order valence-corrected chi connectivity index (χ2v) is 8.95. The van der Waals surface area contributed by atoms with Crippen LogP contribution in [0.5, 0.6) is 0 Å². The number of rotatable bonds is 7. The van der Waals surface area contributed by atoms with Gasteiger partial charge in [-0.15, -0.1) is 0 Å². The summed E-state index contributed by atoms with van der Waals surface area (Å²) in [4.78, 5) is 2.35. The molecule has 3 nitrogen and oxygen atoms in total. The first-order valence-corrected chi connectivity index (χ1v) is 9.44. The highest BCUT2D eigenvalue weighted by atomic mass is 16.5. The van der Waals surface area contributed by atoms with Crippen molar-refractivity contribution in [1.29, 1.82) is 0 Å². The minimum atomic E-state index is -0.363. The van der Waals surface area contributed by atoms with Crippen molar-refractivity contribution in [3.8, 4) is 0 Å². The smallest absolute Gasteiger partial charge is 0.0900 e. The number of nitrogens with zero attached hydrogens (tertiary/aromatic N) is 1. The first-order chi connectivity index (χ1) is 10.4. The lowest BCUT2D eigenvalue weighted by Gasteiger charge is -2.56. The Morgan fingerprint density at radius 3 is 1.82 bits per heavy atom. The van der Waals surface area contributed by atoms with Crippen molar-refractivity contribution in [2.24, 2.45) is 17.8 Å². The summed E-state index contributed by atoms with van der Waals surface area (Å²) >= 11 is 0. The van der Waals surface area contributed by atoms with Crippen molar-refractivity contribution in [2.75, 3.05) is 13.2 Å². The summed E-state index contributed by atoms with van der Waals surface area (Å²) in [7, 11) is 0. The Kier molecular flexibility index (Phi) is 4.87. The van der Waals surface area contributed by atoms with Gasteiger partial charge in [-0.3, -0.25) is 4.90 Å². The van der Waals surface area contributed by atoms with Gasteiger partial charge in [0.15, 0.2) is 0 Å². The summed E-state index contributed by atoms with van der Waals surface area (Å²) in [6.45, 7) is 10.0. The normalized spacial score (nSPS) is 38.5. The molecule has 0 unspecified atom stereocenters. The molecule has 128 valence electrons. The summed E-state index contributed by atoms with van der Waals surface area (Å²) in [6, 6.07) is 0.934. The summed E-state index contributed by atoms with van der Waals surface area (Å²) in [6.07, 6.45) is 7.73. The van der Waals surface area contributed by atoms with Crippen molar-refractivity contribution in [3.63, 3.8) is 0 Å². The molecule has 0 spiro atoms. The molecule has 0 amide bonds. The Bertz CT molecular complexity index is 336. The molecule has 22 heavy (non-hydrogen) atoms. The van der Waals surface area contributed by atoms with E-state index in [9.17, 15) is 5.11 Å². The van der Waals surface area contributed by atoms with Gasteiger partial charge in [0.25, 0.3) is 0 Å². The van der Waals surface area contributed by atoms with Crippen molar-refractivity contribution in [3.05, 3.63) is 0 Å². The molecule has 4 rings (SSSR count). The summed E-state index contributed by atoms with van der Waals surface area (Å²) < 4.78 is 6.39. The molecule has 0 aromatic rings. The molecule has 4 saturated carbocycles. The number of aliphatic hydroxyl groups is 1. The molecule has 0 radical (unpaired) electrons. The average molecular weight is 309 g/mol. The van der Waals surface area contributed by atoms with Crippen LogP contribution in [-0.4, -0.2) is 46.9 Å². The van der Waals surface area contributed by atoms with Crippen LogP contribution in [0.15, 0.2) is 0 Å².